The van der Waals surface area contributed by atoms with Gasteiger partial charge in [0.05, 0.1) is 6.61 Å². The molecule has 0 amide bonds. The highest BCUT2D eigenvalue weighted by molar-refractivity contribution is 7.99. The zero-order valence-corrected chi connectivity index (χ0v) is 6.54. The van der Waals surface area contributed by atoms with Crippen LogP contribution in [0.2, 0.25) is 0 Å². The molecule has 0 aliphatic rings. The van der Waals surface area contributed by atoms with Crippen LogP contribution < -0.4 is 11.2 Å². The van der Waals surface area contributed by atoms with E-state index >= 15 is 0 Å². The van der Waals surface area contributed by atoms with Crippen LogP contribution in [0, 0.1) is 0 Å². The number of nitrogens with one attached hydrogen (secondary N) is 1. The lowest BCUT2D eigenvalue weighted by molar-refractivity contribution is 0.155. The molecular formula is C5H14N2OS. The Labute approximate surface area is 60.3 Å². The van der Waals surface area contributed by atoms with Gasteiger partial charge in [-0.3, -0.25) is 0 Å². The number of hydrogen-bond donors (Lipinski definition) is 2. The van der Waals surface area contributed by atoms with Gasteiger partial charge in [-0.1, -0.05) is 0 Å². The quantitative estimate of drug-likeness (QED) is 0.407. The lowest BCUT2D eigenvalue weighted by Crippen LogP contribution is -2.11. The molecule has 0 heterocycles. The fraction of sp³-hybridized carbons (Fsp3) is 1.00. The average molecular weight is 150 g/mol. The fourth-order valence-electron chi connectivity index (χ4n) is 0.383. The molecule has 0 bridgehead atoms. The second-order valence-electron chi connectivity index (χ2n) is 1.59. The third-order valence-electron chi connectivity index (χ3n) is 0.842. The van der Waals surface area contributed by atoms with Gasteiger partial charge in [0.2, 0.25) is 0 Å². The Kier molecular flexibility index (Phi) is 8.44. The number of rotatable bonds is 6. The van der Waals surface area contributed by atoms with Crippen molar-refractivity contribution in [2.24, 2.45) is 5.90 Å². The molecule has 0 aromatic carbocycles. The first kappa shape index (κ1) is 9.23. The summed E-state index contributed by atoms with van der Waals surface area (Å²) in [7, 11) is 1.94. The molecule has 0 aliphatic carbocycles. The largest absolute Gasteiger partial charge is 0.319 e. The maximum Gasteiger partial charge on any atom is 0.0769 e. The molecule has 3 nitrogen and oxygen atoms in total. The van der Waals surface area contributed by atoms with E-state index in [1.54, 1.807) is 0 Å². The summed E-state index contributed by atoms with van der Waals surface area (Å²) >= 11 is 1.83. The summed E-state index contributed by atoms with van der Waals surface area (Å²) in [5, 5.41) is 3.05. The molecule has 0 saturated carbocycles. The molecule has 9 heavy (non-hydrogen) atoms. The molecule has 3 N–H and O–H groups in total. The lowest BCUT2D eigenvalue weighted by atomic mass is 10.8. The summed E-state index contributed by atoms with van der Waals surface area (Å²) in [6.07, 6.45) is 0. The first-order chi connectivity index (χ1) is 4.41. The van der Waals surface area contributed by atoms with Gasteiger partial charge in [0.1, 0.15) is 0 Å². The van der Waals surface area contributed by atoms with Crippen LogP contribution in [0.1, 0.15) is 0 Å². The summed E-state index contributed by atoms with van der Waals surface area (Å²) in [5.41, 5.74) is 0. The van der Waals surface area contributed by atoms with Crippen molar-refractivity contribution in [3.63, 3.8) is 0 Å². The van der Waals surface area contributed by atoms with E-state index in [2.05, 4.69) is 10.2 Å². The van der Waals surface area contributed by atoms with Crippen LogP contribution in [0.4, 0.5) is 0 Å². The van der Waals surface area contributed by atoms with E-state index in [-0.39, 0.29) is 0 Å². The van der Waals surface area contributed by atoms with Crippen molar-refractivity contribution in [1.29, 1.82) is 0 Å². The Morgan fingerprint density at radius 3 is 2.89 bits per heavy atom. The van der Waals surface area contributed by atoms with E-state index in [1.807, 2.05) is 18.8 Å². The van der Waals surface area contributed by atoms with Crippen molar-refractivity contribution in [2.75, 3.05) is 31.7 Å². The van der Waals surface area contributed by atoms with Crippen molar-refractivity contribution >= 4 is 11.8 Å². The summed E-state index contributed by atoms with van der Waals surface area (Å²) in [5.74, 6) is 6.92. The van der Waals surface area contributed by atoms with Gasteiger partial charge < -0.3 is 10.2 Å². The minimum absolute atomic E-state index is 0.647. The minimum atomic E-state index is 0.647. The van der Waals surface area contributed by atoms with E-state index in [0.717, 1.165) is 18.1 Å². The summed E-state index contributed by atoms with van der Waals surface area (Å²) in [4.78, 5) is 4.38. The highest BCUT2D eigenvalue weighted by Crippen LogP contribution is 1.95. The van der Waals surface area contributed by atoms with Gasteiger partial charge in [0.15, 0.2) is 0 Å². The molecule has 0 radical (unpaired) electrons. The highest BCUT2D eigenvalue weighted by atomic mass is 32.2. The van der Waals surface area contributed by atoms with Crippen molar-refractivity contribution < 1.29 is 4.84 Å². The van der Waals surface area contributed by atoms with Crippen LogP contribution in [-0.2, 0) is 4.84 Å². The summed E-state index contributed by atoms with van der Waals surface area (Å²) in [6, 6.07) is 0. The predicted molar refractivity (Wildman–Crippen MR) is 41.4 cm³/mol. The number of nitrogens with two attached hydrogens (primary N) is 1. The van der Waals surface area contributed by atoms with Crippen LogP contribution in [0.15, 0.2) is 0 Å². The molecule has 0 aromatic rings. The zero-order chi connectivity index (χ0) is 6.95. The normalized spacial score (nSPS) is 10.0. The lowest BCUT2D eigenvalue weighted by Gasteiger charge is -1.97. The molecule has 4 heteroatoms. The van der Waals surface area contributed by atoms with Crippen LogP contribution in [-0.4, -0.2) is 31.7 Å². The van der Waals surface area contributed by atoms with Gasteiger partial charge in [0.25, 0.3) is 0 Å². The highest BCUT2D eigenvalue weighted by Gasteiger charge is 1.85. The Hall–Kier alpha value is 0.230. The molecule has 0 aromatic heterocycles. The SMILES string of the molecule is CNCCSCCON. The molecule has 0 aliphatic heterocycles. The van der Waals surface area contributed by atoms with Gasteiger partial charge in [0, 0.05) is 18.1 Å². The van der Waals surface area contributed by atoms with Gasteiger partial charge in [-0.2, -0.15) is 11.8 Å². The Morgan fingerprint density at radius 2 is 2.33 bits per heavy atom. The van der Waals surface area contributed by atoms with Crippen molar-refractivity contribution in [2.45, 2.75) is 0 Å². The third kappa shape index (κ3) is 8.23. The van der Waals surface area contributed by atoms with Crippen LogP contribution in [0.25, 0.3) is 0 Å². The standard InChI is InChI=1S/C5H14N2OS/c1-7-2-4-9-5-3-8-6/h7H,2-6H2,1H3. The minimum Gasteiger partial charge on any atom is -0.319 e. The van der Waals surface area contributed by atoms with E-state index in [9.17, 15) is 0 Å². The summed E-state index contributed by atoms with van der Waals surface area (Å²) < 4.78 is 0. The topological polar surface area (TPSA) is 47.3 Å². The molecule has 0 unspecified atom stereocenters. The second-order valence-corrected chi connectivity index (χ2v) is 2.81. The van der Waals surface area contributed by atoms with Gasteiger partial charge in [-0.25, -0.2) is 5.90 Å². The fourth-order valence-corrected chi connectivity index (χ4v) is 1.15. The van der Waals surface area contributed by atoms with E-state index in [4.69, 9.17) is 5.90 Å². The Morgan fingerprint density at radius 1 is 1.56 bits per heavy atom. The maximum absolute atomic E-state index is 4.81. The van der Waals surface area contributed by atoms with Crippen LogP contribution in [0.5, 0.6) is 0 Å². The van der Waals surface area contributed by atoms with Crippen LogP contribution >= 0.6 is 11.8 Å². The van der Waals surface area contributed by atoms with E-state index in [0.29, 0.717) is 6.61 Å². The molecule has 0 saturated heterocycles. The van der Waals surface area contributed by atoms with Gasteiger partial charge in [-0.15, -0.1) is 0 Å². The molecular weight excluding hydrogens is 136 g/mol. The number of thioether (sulfide) groups is 1. The molecule has 0 fully saturated rings. The van der Waals surface area contributed by atoms with Crippen LogP contribution in [0.3, 0.4) is 0 Å². The maximum atomic E-state index is 4.81. The van der Waals surface area contributed by atoms with E-state index in [1.165, 1.54) is 0 Å². The van der Waals surface area contributed by atoms with Crippen molar-refractivity contribution in [3.8, 4) is 0 Å². The van der Waals surface area contributed by atoms with E-state index < -0.39 is 0 Å². The Bertz CT molecular complexity index is 48.2. The first-order valence-corrected chi connectivity index (χ1v) is 4.11. The monoisotopic (exact) mass is 150 g/mol. The average Bonchev–Trinajstić information content (AvgIpc) is 1.89. The predicted octanol–water partition coefficient (Wildman–Crippen LogP) is -0.171. The molecule has 0 rings (SSSR count). The van der Waals surface area contributed by atoms with Gasteiger partial charge >= 0.3 is 0 Å². The smallest absolute Gasteiger partial charge is 0.0769 e. The first-order valence-electron chi connectivity index (χ1n) is 2.96. The second kappa shape index (κ2) is 8.23. The third-order valence-corrected chi connectivity index (χ3v) is 1.79. The number of hydrogen-bond acceptors (Lipinski definition) is 4. The molecule has 56 valence electrons. The zero-order valence-electron chi connectivity index (χ0n) is 5.72. The van der Waals surface area contributed by atoms with Crippen molar-refractivity contribution in [1.82, 2.24) is 5.32 Å². The Balaban J connectivity index is 2.60. The van der Waals surface area contributed by atoms with Gasteiger partial charge in [-0.05, 0) is 7.05 Å². The molecule has 0 spiro atoms. The summed E-state index contributed by atoms with van der Waals surface area (Å²) in [6.45, 7) is 1.70. The van der Waals surface area contributed by atoms with Crippen molar-refractivity contribution in [3.05, 3.63) is 0 Å². The molecule has 0 atom stereocenters.